The predicted molar refractivity (Wildman–Crippen MR) is 74.1 cm³/mol. The van der Waals surface area contributed by atoms with Gasteiger partial charge in [-0.3, -0.25) is 9.71 Å². The summed E-state index contributed by atoms with van der Waals surface area (Å²) in [6.07, 6.45) is 3.15. The first-order valence-electron chi connectivity index (χ1n) is 5.75. The molecule has 5 nitrogen and oxygen atoms in total. The van der Waals surface area contributed by atoms with Crippen molar-refractivity contribution in [2.75, 3.05) is 4.72 Å². The summed E-state index contributed by atoms with van der Waals surface area (Å²) >= 11 is 0. The molecule has 0 aliphatic carbocycles. The molecule has 3 N–H and O–H groups in total. The van der Waals surface area contributed by atoms with Gasteiger partial charge in [0.25, 0.3) is 10.0 Å². The van der Waals surface area contributed by atoms with E-state index in [2.05, 4.69) is 9.71 Å². The second-order valence-electron chi connectivity index (χ2n) is 4.14. The SMILES string of the molecule is Cc1cnccc1NS(=O)(=O)c1ccc(CN)cc1. The highest BCUT2D eigenvalue weighted by Crippen LogP contribution is 2.18. The number of hydrogen-bond acceptors (Lipinski definition) is 4. The van der Waals surface area contributed by atoms with Crippen LogP contribution in [-0.2, 0) is 16.6 Å². The maximum Gasteiger partial charge on any atom is 0.261 e. The fourth-order valence-electron chi connectivity index (χ4n) is 1.60. The zero-order valence-corrected chi connectivity index (χ0v) is 11.3. The molecule has 0 unspecified atom stereocenters. The Morgan fingerprint density at radius 2 is 1.89 bits per heavy atom. The number of rotatable bonds is 4. The lowest BCUT2D eigenvalue weighted by molar-refractivity contribution is 0.601. The normalized spacial score (nSPS) is 11.3. The zero-order valence-electron chi connectivity index (χ0n) is 10.5. The number of nitrogens with two attached hydrogens (primary N) is 1. The average Bonchev–Trinajstić information content (AvgIpc) is 2.41. The Hall–Kier alpha value is -1.92. The summed E-state index contributed by atoms with van der Waals surface area (Å²) in [6, 6.07) is 8.12. The number of anilines is 1. The van der Waals surface area contributed by atoms with E-state index in [-0.39, 0.29) is 4.90 Å². The third-order valence-corrected chi connectivity index (χ3v) is 4.12. The van der Waals surface area contributed by atoms with Crippen LogP contribution in [0.5, 0.6) is 0 Å². The lowest BCUT2D eigenvalue weighted by Gasteiger charge is -2.10. The number of nitrogens with zero attached hydrogens (tertiary/aromatic N) is 1. The summed E-state index contributed by atoms with van der Waals surface area (Å²) in [7, 11) is -3.58. The van der Waals surface area contributed by atoms with Crippen LogP contribution in [0.15, 0.2) is 47.6 Å². The fourth-order valence-corrected chi connectivity index (χ4v) is 2.73. The van der Waals surface area contributed by atoms with Gasteiger partial charge in [-0.2, -0.15) is 0 Å². The molecule has 1 heterocycles. The van der Waals surface area contributed by atoms with Crippen LogP contribution in [0.2, 0.25) is 0 Å². The molecule has 2 aromatic rings. The molecule has 1 aromatic heterocycles. The van der Waals surface area contributed by atoms with Crippen molar-refractivity contribution < 1.29 is 8.42 Å². The molecule has 0 amide bonds. The first-order chi connectivity index (χ1) is 9.03. The van der Waals surface area contributed by atoms with Crippen LogP contribution in [0.3, 0.4) is 0 Å². The first kappa shape index (κ1) is 13.5. The zero-order chi connectivity index (χ0) is 13.9. The van der Waals surface area contributed by atoms with Crippen molar-refractivity contribution in [2.45, 2.75) is 18.4 Å². The third-order valence-electron chi connectivity index (χ3n) is 2.73. The molecule has 19 heavy (non-hydrogen) atoms. The van der Waals surface area contributed by atoms with E-state index in [0.717, 1.165) is 11.1 Å². The lowest BCUT2D eigenvalue weighted by atomic mass is 10.2. The standard InChI is InChI=1S/C13H15N3O2S/c1-10-9-15-7-6-13(10)16-19(17,18)12-4-2-11(8-14)3-5-12/h2-7,9H,8,14H2,1H3,(H,15,16). The van der Waals surface area contributed by atoms with Crippen molar-refractivity contribution in [3.05, 3.63) is 53.9 Å². The van der Waals surface area contributed by atoms with Crippen molar-refractivity contribution in [1.82, 2.24) is 4.98 Å². The maximum absolute atomic E-state index is 12.2. The van der Waals surface area contributed by atoms with Crippen LogP contribution in [-0.4, -0.2) is 13.4 Å². The minimum Gasteiger partial charge on any atom is -0.326 e. The Labute approximate surface area is 112 Å². The Balaban J connectivity index is 2.30. The second kappa shape index (κ2) is 5.38. The highest BCUT2D eigenvalue weighted by Gasteiger charge is 2.14. The maximum atomic E-state index is 12.2. The third kappa shape index (κ3) is 3.10. The lowest BCUT2D eigenvalue weighted by Crippen LogP contribution is -2.14. The van der Waals surface area contributed by atoms with Crippen molar-refractivity contribution in [3.63, 3.8) is 0 Å². The van der Waals surface area contributed by atoms with Crippen molar-refractivity contribution in [3.8, 4) is 0 Å². The Morgan fingerprint density at radius 1 is 1.21 bits per heavy atom. The van der Waals surface area contributed by atoms with Gasteiger partial charge < -0.3 is 5.73 Å². The molecule has 0 saturated heterocycles. The highest BCUT2D eigenvalue weighted by atomic mass is 32.2. The average molecular weight is 277 g/mol. The molecule has 0 fully saturated rings. The van der Waals surface area contributed by atoms with E-state index >= 15 is 0 Å². The molecule has 0 bridgehead atoms. The van der Waals surface area contributed by atoms with E-state index in [1.54, 1.807) is 49.6 Å². The Kier molecular flexibility index (Phi) is 3.82. The summed E-state index contributed by atoms with van der Waals surface area (Å²) in [4.78, 5) is 4.13. The van der Waals surface area contributed by atoms with E-state index in [9.17, 15) is 8.42 Å². The highest BCUT2D eigenvalue weighted by molar-refractivity contribution is 7.92. The van der Waals surface area contributed by atoms with E-state index in [1.807, 2.05) is 0 Å². The molecule has 1 aromatic carbocycles. The molecular formula is C13H15N3O2S. The van der Waals surface area contributed by atoms with E-state index in [1.165, 1.54) is 0 Å². The molecule has 2 rings (SSSR count). The van der Waals surface area contributed by atoms with Crippen LogP contribution >= 0.6 is 0 Å². The summed E-state index contributed by atoms with van der Waals surface area (Å²) in [6.45, 7) is 2.18. The van der Waals surface area contributed by atoms with E-state index < -0.39 is 10.0 Å². The smallest absolute Gasteiger partial charge is 0.261 e. The van der Waals surface area contributed by atoms with Crippen LogP contribution in [0.1, 0.15) is 11.1 Å². The van der Waals surface area contributed by atoms with Crippen LogP contribution in [0.4, 0.5) is 5.69 Å². The van der Waals surface area contributed by atoms with Gasteiger partial charge in [-0.05, 0) is 36.2 Å². The van der Waals surface area contributed by atoms with Crippen molar-refractivity contribution in [1.29, 1.82) is 0 Å². The molecule has 0 aliphatic rings. The van der Waals surface area contributed by atoms with Gasteiger partial charge in [0.05, 0.1) is 10.6 Å². The Bertz CT molecular complexity index is 667. The Morgan fingerprint density at radius 3 is 2.47 bits per heavy atom. The number of aromatic nitrogens is 1. The minimum absolute atomic E-state index is 0.209. The van der Waals surface area contributed by atoms with E-state index in [0.29, 0.717) is 12.2 Å². The monoisotopic (exact) mass is 277 g/mol. The van der Waals surface area contributed by atoms with Gasteiger partial charge in [0.2, 0.25) is 0 Å². The quantitative estimate of drug-likeness (QED) is 0.889. The molecule has 100 valence electrons. The van der Waals surface area contributed by atoms with E-state index in [4.69, 9.17) is 5.73 Å². The fraction of sp³-hybridized carbons (Fsp3) is 0.154. The minimum atomic E-state index is -3.58. The number of aryl methyl sites for hydroxylation is 1. The first-order valence-corrected chi connectivity index (χ1v) is 7.23. The second-order valence-corrected chi connectivity index (χ2v) is 5.83. The van der Waals surface area contributed by atoms with Gasteiger partial charge in [-0.1, -0.05) is 12.1 Å². The largest absolute Gasteiger partial charge is 0.326 e. The van der Waals surface area contributed by atoms with Crippen LogP contribution in [0.25, 0.3) is 0 Å². The van der Waals surface area contributed by atoms with Gasteiger partial charge in [-0.15, -0.1) is 0 Å². The van der Waals surface area contributed by atoms with Crippen molar-refractivity contribution >= 4 is 15.7 Å². The molecule has 6 heteroatoms. The van der Waals surface area contributed by atoms with Crippen molar-refractivity contribution in [2.24, 2.45) is 5.73 Å². The molecule has 0 radical (unpaired) electrons. The molecule has 0 saturated carbocycles. The van der Waals surface area contributed by atoms with Gasteiger partial charge in [-0.25, -0.2) is 8.42 Å². The number of pyridine rings is 1. The number of benzene rings is 1. The van der Waals surface area contributed by atoms with Gasteiger partial charge in [0, 0.05) is 18.9 Å². The molecule has 0 atom stereocenters. The van der Waals surface area contributed by atoms with Gasteiger partial charge in [0.15, 0.2) is 0 Å². The molecule has 0 spiro atoms. The number of sulfonamides is 1. The topological polar surface area (TPSA) is 85.1 Å². The molecular weight excluding hydrogens is 262 g/mol. The summed E-state index contributed by atoms with van der Waals surface area (Å²) in [5, 5.41) is 0. The number of hydrogen-bond donors (Lipinski definition) is 2. The number of nitrogens with one attached hydrogen (secondary N) is 1. The van der Waals surface area contributed by atoms with Crippen LogP contribution in [0, 0.1) is 6.92 Å². The summed E-state index contributed by atoms with van der Waals surface area (Å²) < 4.78 is 26.9. The van der Waals surface area contributed by atoms with Gasteiger partial charge in [0.1, 0.15) is 0 Å². The van der Waals surface area contributed by atoms with Gasteiger partial charge >= 0.3 is 0 Å². The molecule has 0 aliphatic heterocycles. The summed E-state index contributed by atoms with van der Waals surface area (Å²) in [5.74, 6) is 0. The predicted octanol–water partition coefficient (Wildman–Crippen LogP) is 1.65. The van der Waals surface area contributed by atoms with Crippen LogP contribution < -0.4 is 10.5 Å². The summed E-state index contributed by atoms with van der Waals surface area (Å²) in [5.41, 5.74) is 7.66.